The van der Waals surface area contributed by atoms with Gasteiger partial charge in [-0.15, -0.1) is 11.3 Å². The summed E-state index contributed by atoms with van der Waals surface area (Å²) in [5.41, 5.74) is 4.04. The zero-order chi connectivity index (χ0) is 12.7. The summed E-state index contributed by atoms with van der Waals surface area (Å²) in [4.78, 5) is 11.8. The third-order valence-corrected chi connectivity index (χ3v) is 5.20. The molecule has 0 aliphatic carbocycles. The van der Waals surface area contributed by atoms with Crippen molar-refractivity contribution >= 4 is 11.3 Å². The highest BCUT2D eigenvalue weighted by molar-refractivity contribution is 7.10. The Bertz CT molecular complexity index is 523. The van der Waals surface area contributed by atoms with E-state index < -0.39 is 0 Å². The zero-order valence-electron chi connectivity index (χ0n) is 10.9. The normalized spacial score (nSPS) is 23.1. The number of hydrogen-bond acceptors (Lipinski definition) is 4. The van der Waals surface area contributed by atoms with E-state index >= 15 is 0 Å². The van der Waals surface area contributed by atoms with Crippen LogP contribution in [0.5, 0.6) is 0 Å². The first kappa shape index (κ1) is 11.6. The Labute approximate surface area is 116 Å². The van der Waals surface area contributed by atoms with Crippen LogP contribution >= 0.6 is 11.3 Å². The van der Waals surface area contributed by atoms with Crippen molar-refractivity contribution in [2.75, 3.05) is 13.1 Å². The number of aromatic amines is 1. The maximum absolute atomic E-state index is 4.42. The SMILES string of the molecule is c1nc2c([nH]1)CNC(CN1CCc3sccc3C1)C2. The minimum Gasteiger partial charge on any atom is -0.347 e. The Morgan fingerprint density at radius 3 is 3.47 bits per heavy atom. The van der Waals surface area contributed by atoms with Gasteiger partial charge >= 0.3 is 0 Å². The van der Waals surface area contributed by atoms with Crippen molar-refractivity contribution in [3.63, 3.8) is 0 Å². The van der Waals surface area contributed by atoms with Crippen LogP contribution in [-0.2, 0) is 25.9 Å². The molecule has 2 aromatic rings. The van der Waals surface area contributed by atoms with Crippen molar-refractivity contribution in [1.29, 1.82) is 0 Å². The van der Waals surface area contributed by atoms with Crippen LogP contribution in [0.25, 0.3) is 0 Å². The number of aromatic nitrogens is 2. The average Bonchev–Trinajstić information content (AvgIpc) is 3.05. The lowest BCUT2D eigenvalue weighted by atomic mass is 10.0. The molecule has 0 fully saturated rings. The second-order valence-corrected chi connectivity index (χ2v) is 6.46. The van der Waals surface area contributed by atoms with Gasteiger partial charge in [-0.05, 0) is 23.4 Å². The summed E-state index contributed by atoms with van der Waals surface area (Å²) in [6, 6.07) is 2.82. The maximum Gasteiger partial charge on any atom is 0.0925 e. The summed E-state index contributed by atoms with van der Waals surface area (Å²) < 4.78 is 0. The van der Waals surface area contributed by atoms with Gasteiger partial charge in [-0.1, -0.05) is 0 Å². The van der Waals surface area contributed by atoms with Crippen molar-refractivity contribution in [2.45, 2.75) is 32.0 Å². The molecule has 1 atom stereocenters. The molecule has 4 rings (SSSR count). The molecular formula is C14H18N4S. The van der Waals surface area contributed by atoms with Gasteiger partial charge in [-0.2, -0.15) is 0 Å². The molecule has 2 aliphatic heterocycles. The first-order valence-electron chi connectivity index (χ1n) is 6.90. The number of imidazole rings is 1. The first-order chi connectivity index (χ1) is 9.38. The van der Waals surface area contributed by atoms with E-state index in [0.29, 0.717) is 6.04 Å². The zero-order valence-corrected chi connectivity index (χ0v) is 11.7. The highest BCUT2D eigenvalue weighted by atomic mass is 32.1. The summed E-state index contributed by atoms with van der Waals surface area (Å²) in [5.74, 6) is 0. The summed E-state index contributed by atoms with van der Waals surface area (Å²) in [6.07, 6.45) is 4.08. The van der Waals surface area contributed by atoms with Crippen LogP contribution in [0.4, 0.5) is 0 Å². The van der Waals surface area contributed by atoms with Gasteiger partial charge in [0.25, 0.3) is 0 Å². The van der Waals surface area contributed by atoms with Crippen molar-refractivity contribution in [3.8, 4) is 0 Å². The van der Waals surface area contributed by atoms with Gasteiger partial charge < -0.3 is 10.3 Å². The minimum absolute atomic E-state index is 0.538. The van der Waals surface area contributed by atoms with Gasteiger partial charge in [0, 0.05) is 43.5 Å². The van der Waals surface area contributed by atoms with Gasteiger partial charge in [0.05, 0.1) is 17.7 Å². The molecule has 0 spiro atoms. The Morgan fingerprint density at radius 2 is 2.47 bits per heavy atom. The van der Waals surface area contributed by atoms with E-state index in [4.69, 9.17) is 0 Å². The number of H-pyrrole nitrogens is 1. The molecule has 19 heavy (non-hydrogen) atoms. The first-order valence-corrected chi connectivity index (χ1v) is 7.78. The molecule has 2 aromatic heterocycles. The van der Waals surface area contributed by atoms with E-state index in [1.54, 1.807) is 4.88 Å². The number of rotatable bonds is 2. The van der Waals surface area contributed by atoms with Crippen LogP contribution in [-0.4, -0.2) is 34.0 Å². The molecular weight excluding hydrogens is 256 g/mol. The van der Waals surface area contributed by atoms with Gasteiger partial charge in [0.1, 0.15) is 0 Å². The Kier molecular flexibility index (Phi) is 2.90. The summed E-state index contributed by atoms with van der Waals surface area (Å²) in [5, 5.41) is 5.84. The molecule has 4 heterocycles. The van der Waals surface area contributed by atoms with E-state index in [2.05, 4.69) is 31.6 Å². The Morgan fingerprint density at radius 1 is 1.47 bits per heavy atom. The molecule has 0 amide bonds. The fraction of sp³-hybridized carbons (Fsp3) is 0.500. The number of nitrogens with zero attached hydrogens (tertiary/aromatic N) is 2. The number of hydrogen-bond donors (Lipinski definition) is 2. The van der Waals surface area contributed by atoms with Crippen LogP contribution in [0.1, 0.15) is 21.8 Å². The van der Waals surface area contributed by atoms with E-state index in [9.17, 15) is 0 Å². The molecule has 100 valence electrons. The number of thiophene rings is 1. The van der Waals surface area contributed by atoms with E-state index in [1.807, 2.05) is 17.7 Å². The van der Waals surface area contributed by atoms with Gasteiger partial charge in [0.2, 0.25) is 0 Å². The van der Waals surface area contributed by atoms with E-state index in [-0.39, 0.29) is 0 Å². The predicted molar refractivity (Wildman–Crippen MR) is 76.2 cm³/mol. The van der Waals surface area contributed by atoms with Crippen LogP contribution in [0.15, 0.2) is 17.8 Å². The molecule has 0 bridgehead atoms. The summed E-state index contributed by atoms with van der Waals surface area (Å²) in [7, 11) is 0. The third-order valence-electron chi connectivity index (χ3n) is 4.18. The van der Waals surface area contributed by atoms with Gasteiger partial charge in [-0.25, -0.2) is 4.98 Å². The molecule has 4 nitrogen and oxygen atoms in total. The molecule has 2 N–H and O–H groups in total. The second-order valence-electron chi connectivity index (χ2n) is 5.46. The maximum atomic E-state index is 4.42. The van der Waals surface area contributed by atoms with Crippen molar-refractivity contribution in [2.24, 2.45) is 0 Å². The molecule has 0 saturated heterocycles. The lowest BCUT2D eigenvalue weighted by Crippen LogP contribution is -2.45. The molecule has 0 saturated carbocycles. The van der Waals surface area contributed by atoms with Crippen molar-refractivity contribution in [3.05, 3.63) is 39.6 Å². The highest BCUT2D eigenvalue weighted by Gasteiger charge is 2.24. The highest BCUT2D eigenvalue weighted by Crippen LogP contribution is 2.24. The topological polar surface area (TPSA) is 44.0 Å². The Hall–Kier alpha value is -1.17. The van der Waals surface area contributed by atoms with Gasteiger partial charge in [0.15, 0.2) is 0 Å². The van der Waals surface area contributed by atoms with Gasteiger partial charge in [-0.3, -0.25) is 4.90 Å². The quantitative estimate of drug-likeness (QED) is 0.873. The average molecular weight is 274 g/mol. The van der Waals surface area contributed by atoms with Crippen LogP contribution in [0.2, 0.25) is 0 Å². The lowest BCUT2D eigenvalue weighted by Gasteiger charge is -2.32. The molecule has 0 radical (unpaired) electrons. The number of fused-ring (bicyclic) bond motifs is 2. The van der Waals surface area contributed by atoms with E-state index in [0.717, 1.165) is 26.1 Å². The fourth-order valence-electron chi connectivity index (χ4n) is 3.13. The lowest BCUT2D eigenvalue weighted by molar-refractivity contribution is 0.220. The molecule has 1 unspecified atom stereocenters. The predicted octanol–water partition coefficient (Wildman–Crippen LogP) is 1.54. The van der Waals surface area contributed by atoms with Crippen molar-refractivity contribution < 1.29 is 0 Å². The molecule has 0 aromatic carbocycles. The number of nitrogens with one attached hydrogen (secondary N) is 2. The summed E-state index contributed by atoms with van der Waals surface area (Å²) in [6.45, 7) is 4.36. The van der Waals surface area contributed by atoms with Crippen LogP contribution < -0.4 is 5.32 Å². The largest absolute Gasteiger partial charge is 0.347 e. The van der Waals surface area contributed by atoms with Crippen LogP contribution in [0.3, 0.4) is 0 Å². The second kappa shape index (κ2) is 4.74. The molecule has 5 heteroatoms. The smallest absolute Gasteiger partial charge is 0.0925 e. The molecule has 2 aliphatic rings. The van der Waals surface area contributed by atoms with Crippen molar-refractivity contribution in [1.82, 2.24) is 20.2 Å². The monoisotopic (exact) mass is 274 g/mol. The standard InChI is InChI=1S/C14H18N4S/c1-3-18(7-10-2-4-19-14(1)10)8-11-5-12-13(6-15-11)17-9-16-12/h2,4,9,11,15H,1,3,5-8H2,(H,16,17). The fourth-order valence-corrected chi connectivity index (χ4v) is 4.02. The third kappa shape index (κ3) is 2.22. The Balaban J connectivity index is 1.41. The van der Waals surface area contributed by atoms with Crippen LogP contribution in [0, 0.1) is 0 Å². The van der Waals surface area contributed by atoms with E-state index in [1.165, 1.54) is 29.9 Å². The minimum atomic E-state index is 0.538. The summed E-state index contributed by atoms with van der Waals surface area (Å²) >= 11 is 1.91.